The second-order valence-corrected chi connectivity index (χ2v) is 5.14. The normalized spacial score (nSPS) is 11.7. The lowest BCUT2D eigenvalue weighted by Gasteiger charge is -2.12. The van der Waals surface area contributed by atoms with Gasteiger partial charge in [0.1, 0.15) is 0 Å². The third-order valence-electron chi connectivity index (χ3n) is 2.66. The van der Waals surface area contributed by atoms with Crippen molar-refractivity contribution in [2.75, 3.05) is 5.73 Å². The topological polar surface area (TPSA) is 38.0 Å². The molecule has 0 saturated carbocycles. The average Bonchev–Trinajstić information content (AvgIpc) is 2.26. The van der Waals surface area contributed by atoms with Crippen LogP contribution in [-0.2, 0) is 0 Å². The Morgan fingerprint density at radius 2 is 2.00 bits per heavy atom. The summed E-state index contributed by atoms with van der Waals surface area (Å²) >= 11 is 4.98. The van der Waals surface area contributed by atoms with E-state index in [1.54, 1.807) is 0 Å². The van der Waals surface area contributed by atoms with Gasteiger partial charge in [-0.1, -0.05) is 32.1 Å². The lowest BCUT2D eigenvalue weighted by atomic mass is 9.96. The van der Waals surface area contributed by atoms with E-state index in [2.05, 4.69) is 32.2 Å². The first kappa shape index (κ1) is 13.7. The Morgan fingerprint density at radius 3 is 2.53 bits per heavy atom. The number of benzene rings is 1. The molecule has 3 heteroatoms. The molecule has 0 aliphatic rings. The van der Waals surface area contributed by atoms with Crippen molar-refractivity contribution < 1.29 is 0 Å². The Kier molecular flexibility index (Phi) is 4.70. The minimum atomic E-state index is 0.433. The molecule has 3 N–H and O–H groups in total. The van der Waals surface area contributed by atoms with Crippen molar-refractivity contribution in [1.82, 2.24) is 5.32 Å². The number of hydrogen-bond donors (Lipinski definition) is 2. The Hall–Kier alpha value is -1.35. The molecule has 0 saturated heterocycles. The third-order valence-corrected chi connectivity index (χ3v) is 2.77. The number of anilines is 1. The van der Waals surface area contributed by atoms with Gasteiger partial charge in [0.25, 0.3) is 0 Å². The molecule has 1 aromatic carbocycles. The maximum absolute atomic E-state index is 5.96. The largest absolute Gasteiger partial charge is 0.398 e. The van der Waals surface area contributed by atoms with Crippen LogP contribution in [0.2, 0.25) is 0 Å². The van der Waals surface area contributed by atoms with Gasteiger partial charge in [0, 0.05) is 11.9 Å². The van der Waals surface area contributed by atoms with Gasteiger partial charge in [-0.05, 0) is 48.6 Å². The lowest BCUT2D eigenvalue weighted by molar-refractivity contribution is 0.869. The molecule has 0 radical (unpaired) electrons. The lowest BCUT2D eigenvalue weighted by Crippen LogP contribution is -2.10. The van der Waals surface area contributed by atoms with Crippen LogP contribution < -0.4 is 11.1 Å². The van der Waals surface area contributed by atoms with Crippen LogP contribution >= 0.6 is 12.2 Å². The number of nitrogens with one attached hydrogen (secondary N) is 1. The summed E-state index contributed by atoms with van der Waals surface area (Å²) in [6.45, 7) is 8.21. The van der Waals surface area contributed by atoms with Crippen molar-refractivity contribution in [3.05, 3.63) is 35.5 Å². The molecule has 2 nitrogen and oxygen atoms in total. The Balaban J connectivity index is 3.03. The molecular formula is C14H20N2S. The number of nitrogens with two attached hydrogens (primary N) is 1. The fourth-order valence-electron chi connectivity index (χ4n) is 1.61. The molecule has 0 fully saturated rings. The minimum Gasteiger partial charge on any atom is -0.398 e. The Morgan fingerprint density at radius 1 is 1.35 bits per heavy atom. The molecular weight excluding hydrogens is 228 g/mol. The minimum absolute atomic E-state index is 0.433. The number of hydrogen-bond acceptors (Lipinski definition) is 2. The van der Waals surface area contributed by atoms with Gasteiger partial charge in [-0.3, -0.25) is 0 Å². The zero-order valence-electron chi connectivity index (χ0n) is 10.9. The Bertz CT molecular complexity index is 448. The highest BCUT2D eigenvalue weighted by Gasteiger charge is 2.06. The van der Waals surface area contributed by atoms with Gasteiger partial charge in [0.2, 0.25) is 0 Å². The number of thiocarbonyl (C=S) groups is 1. The van der Waals surface area contributed by atoms with Gasteiger partial charge in [-0.2, -0.15) is 0 Å². The van der Waals surface area contributed by atoms with Crippen molar-refractivity contribution in [1.29, 1.82) is 0 Å². The Labute approximate surface area is 109 Å². The monoisotopic (exact) mass is 248 g/mol. The van der Waals surface area contributed by atoms with Crippen LogP contribution in [0.5, 0.6) is 0 Å². The van der Waals surface area contributed by atoms with Crippen molar-refractivity contribution in [2.45, 2.75) is 33.6 Å². The van der Waals surface area contributed by atoms with Gasteiger partial charge in [-0.25, -0.2) is 0 Å². The van der Waals surface area contributed by atoms with Crippen LogP contribution in [0.25, 0.3) is 5.57 Å². The zero-order chi connectivity index (χ0) is 13.0. The molecule has 17 heavy (non-hydrogen) atoms. The van der Waals surface area contributed by atoms with Gasteiger partial charge < -0.3 is 11.1 Å². The molecule has 0 spiro atoms. The van der Waals surface area contributed by atoms with Crippen LogP contribution in [0.15, 0.2) is 24.4 Å². The van der Waals surface area contributed by atoms with Crippen molar-refractivity contribution in [3.63, 3.8) is 0 Å². The highest BCUT2D eigenvalue weighted by Crippen LogP contribution is 2.25. The van der Waals surface area contributed by atoms with E-state index < -0.39 is 0 Å². The molecule has 0 aliphatic carbocycles. The summed E-state index contributed by atoms with van der Waals surface area (Å²) in [4.78, 5) is 0.767. The fraction of sp³-hybridized carbons (Fsp3) is 0.357. The summed E-state index contributed by atoms with van der Waals surface area (Å²) in [6.07, 6.45) is 1.93. The van der Waals surface area contributed by atoms with E-state index >= 15 is 0 Å². The van der Waals surface area contributed by atoms with Crippen LogP contribution in [0.4, 0.5) is 5.69 Å². The maximum atomic E-state index is 5.96. The van der Waals surface area contributed by atoms with Crippen molar-refractivity contribution in [2.24, 2.45) is 0 Å². The zero-order valence-corrected chi connectivity index (χ0v) is 11.7. The fourth-order valence-corrected chi connectivity index (χ4v) is 1.67. The molecule has 92 valence electrons. The van der Waals surface area contributed by atoms with E-state index in [4.69, 9.17) is 18.0 Å². The van der Waals surface area contributed by atoms with Crippen molar-refractivity contribution >= 4 is 28.5 Å². The molecule has 0 heterocycles. The first-order valence-corrected chi connectivity index (χ1v) is 6.16. The smallest absolute Gasteiger partial charge is 0.0761 e. The molecule has 0 amide bonds. The highest BCUT2D eigenvalue weighted by molar-refractivity contribution is 7.80. The van der Waals surface area contributed by atoms with Crippen LogP contribution in [0, 0.1) is 0 Å². The molecule has 1 rings (SSSR count). The average molecular weight is 248 g/mol. The third kappa shape index (κ3) is 3.86. The predicted octanol–water partition coefficient (Wildman–Crippen LogP) is 3.69. The van der Waals surface area contributed by atoms with E-state index in [1.807, 2.05) is 25.3 Å². The maximum Gasteiger partial charge on any atom is 0.0761 e. The summed E-state index contributed by atoms with van der Waals surface area (Å²) in [5.74, 6) is 0.433. The first-order valence-electron chi connectivity index (χ1n) is 5.75. The number of nitrogen functional groups attached to an aromatic ring is 1. The second-order valence-electron chi connectivity index (χ2n) is 4.53. The van der Waals surface area contributed by atoms with Gasteiger partial charge in [0.15, 0.2) is 0 Å². The summed E-state index contributed by atoms with van der Waals surface area (Å²) in [6, 6.07) is 6.14. The summed E-state index contributed by atoms with van der Waals surface area (Å²) in [5.41, 5.74) is 10.3. The summed E-state index contributed by atoms with van der Waals surface area (Å²) < 4.78 is 0. The molecule has 0 unspecified atom stereocenters. The van der Waals surface area contributed by atoms with Crippen LogP contribution in [-0.4, -0.2) is 4.99 Å². The molecule has 0 aromatic heterocycles. The van der Waals surface area contributed by atoms with Crippen LogP contribution in [0.1, 0.15) is 44.7 Å². The quantitative estimate of drug-likeness (QED) is 0.633. The summed E-state index contributed by atoms with van der Waals surface area (Å²) in [5, 5.41) is 3.05. The molecule has 1 aromatic rings. The highest BCUT2D eigenvalue weighted by atomic mass is 32.1. The second kappa shape index (κ2) is 5.82. The standard InChI is InChI=1S/C14H20N2S/c1-9(2)13-7-12(5-6-14(13)15)10(3)8-16-11(4)17/h5-9H,15H2,1-4H3,(H,16,17)/b10-8+. The van der Waals surface area contributed by atoms with E-state index in [-0.39, 0.29) is 0 Å². The molecule has 0 atom stereocenters. The van der Waals surface area contributed by atoms with E-state index in [0.29, 0.717) is 5.92 Å². The van der Waals surface area contributed by atoms with E-state index in [9.17, 15) is 0 Å². The van der Waals surface area contributed by atoms with E-state index in [1.165, 1.54) is 11.1 Å². The van der Waals surface area contributed by atoms with Crippen molar-refractivity contribution in [3.8, 4) is 0 Å². The summed E-state index contributed by atoms with van der Waals surface area (Å²) in [7, 11) is 0. The molecule has 0 aliphatic heterocycles. The number of rotatable bonds is 3. The van der Waals surface area contributed by atoms with Gasteiger partial charge in [0.05, 0.1) is 4.99 Å². The van der Waals surface area contributed by atoms with Gasteiger partial charge >= 0.3 is 0 Å². The predicted molar refractivity (Wildman–Crippen MR) is 80.0 cm³/mol. The van der Waals surface area contributed by atoms with Crippen LogP contribution in [0.3, 0.4) is 0 Å². The molecule has 0 bridgehead atoms. The van der Waals surface area contributed by atoms with Gasteiger partial charge in [-0.15, -0.1) is 0 Å². The van der Waals surface area contributed by atoms with E-state index in [0.717, 1.165) is 16.2 Å². The first-order chi connectivity index (χ1) is 7.91. The number of allylic oxidation sites excluding steroid dienone is 1. The SMILES string of the molecule is CC(=S)N/C=C(\C)c1ccc(N)c(C(C)C)c1.